The second kappa shape index (κ2) is 13.4. The minimum absolute atomic E-state index is 0.0798. The number of sulfonamides is 1. The molecule has 0 aliphatic heterocycles. The minimum Gasteiger partial charge on any atom is -0.493 e. The van der Waals surface area contributed by atoms with E-state index in [2.05, 4.69) is 21.2 Å². The third-order valence-electron chi connectivity index (χ3n) is 6.17. The fraction of sp³-hybridized carbons (Fsp3) is 0.333. The second-order valence-corrected chi connectivity index (χ2v) is 13.2. The van der Waals surface area contributed by atoms with Crippen molar-refractivity contribution in [1.82, 2.24) is 10.2 Å². The summed E-state index contributed by atoms with van der Waals surface area (Å²) in [4.78, 5) is 28.5. The van der Waals surface area contributed by atoms with Crippen molar-refractivity contribution in [3.05, 3.63) is 82.8 Å². The fourth-order valence-electron chi connectivity index (χ4n) is 4.12. The second-order valence-electron chi connectivity index (χ2n) is 10.4. The quantitative estimate of drug-likeness (QED) is 0.315. The summed E-state index contributed by atoms with van der Waals surface area (Å²) in [6.07, 6.45) is 0. The number of hydrogen-bond donors (Lipinski definition) is 1. The van der Waals surface area contributed by atoms with Gasteiger partial charge in [-0.2, -0.15) is 0 Å². The van der Waals surface area contributed by atoms with Crippen LogP contribution in [0.25, 0.3) is 0 Å². The molecule has 0 aromatic heterocycles. The van der Waals surface area contributed by atoms with Gasteiger partial charge in [-0.1, -0.05) is 46.3 Å². The zero-order valence-electron chi connectivity index (χ0n) is 24.0. The Kier molecular flexibility index (Phi) is 10.4. The number of hydrogen-bond acceptors (Lipinski definition) is 6. The topological polar surface area (TPSA) is 105 Å². The van der Waals surface area contributed by atoms with Gasteiger partial charge in [-0.15, -0.1) is 0 Å². The third kappa shape index (κ3) is 8.23. The summed E-state index contributed by atoms with van der Waals surface area (Å²) in [6, 6.07) is 19.1. The van der Waals surface area contributed by atoms with E-state index in [1.165, 1.54) is 37.3 Å². The number of methoxy groups -OCH3 is 2. The van der Waals surface area contributed by atoms with Crippen LogP contribution in [0.1, 0.15) is 33.3 Å². The first-order valence-corrected chi connectivity index (χ1v) is 15.2. The smallest absolute Gasteiger partial charge is 0.264 e. The summed E-state index contributed by atoms with van der Waals surface area (Å²) < 4.78 is 40.5. The molecule has 41 heavy (non-hydrogen) atoms. The number of ether oxygens (including phenoxy) is 2. The van der Waals surface area contributed by atoms with Gasteiger partial charge >= 0.3 is 0 Å². The number of nitrogens with zero attached hydrogens (tertiary/aromatic N) is 2. The first-order valence-electron chi connectivity index (χ1n) is 12.9. The molecule has 0 fully saturated rings. The summed E-state index contributed by atoms with van der Waals surface area (Å²) >= 11 is 3.45. The van der Waals surface area contributed by atoms with Gasteiger partial charge < -0.3 is 19.7 Å². The maximum absolute atomic E-state index is 14.0. The van der Waals surface area contributed by atoms with Crippen molar-refractivity contribution in [2.24, 2.45) is 0 Å². The summed E-state index contributed by atoms with van der Waals surface area (Å²) in [6.45, 7) is 6.74. The molecule has 0 aliphatic rings. The summed E-state index contributed by atoms with van der Waals surface area (Å²) in [5, 5.41) is 2.92. The molecular weight excluding hydrogens is 610 g/mol. The summed E-state index contributed by atoms with van der Waals surface area (Å²) in [5.41, 5.74) is 0.546. The molecule has 0 heterocycles. The van der Waals surface area contributed by atoms with Crippen LogP contribution in [0.3, 0.4) is 0 Å². The maximum atomic E-state index is 14.0. The van der Waals surface area contributed by atoms with Crippen molar-refractivity contribution in [3.8, 4) is 11.5 Å². The Bertz CT molecular complexity index is 1480. The van der Waals surface area contributed by atoms with Gasteiger partial charge in [0.05, 0.1) is 24.8 Å². The standard InChI is InChI=1S/C30H36BrN3O6S/c1-21(29(36)32-30(2,3)4)33(19-22-11-10-12-23(31)17-22)28(35)20-34(24-13-8-7-9-14-24)41(37,38)25-15-16-26(39-5)27(18-25)40-6/h7-18,21H,19-20H2,1-6H3,(H,32,36). The molecule has 0 radical (unpaired) electrons. The Morgan fingerprint density at radius 2 is 1.59 bits per heavy atom. The van der Waals surface area contributed by atoms with Gasteiger partial charge in [-0.25, -0.2) is 8.42 Å². The van der Waals surface area contributed by atoms with Crippen LogP contribution < -0.4 is 19.1 Å². The van der Waals surface area contributed by atoms with Crippen LogP contribution >= 0.6 is 15.9 Å². The lowest BCUT2D eigenvalue weighted by Gasteiger charge is -2.33. The van der Waals surface area contributed by atoms with Gasteiger partial charge in [0, 0.05) is 22.6 Å². The van der Waals surface area contributed by atoms with Crippen LogP contribution in [0, 0.1) is 0 Å². The van der Waals surface area contributed by atoms with Crippen LogP contribution in [-0.4, -0.2) is 57.5 Å². The lowest BCUT2D eigenvalue weighted by Crippen LogP contribution is -2.54. The lowest BCUT2D eigenvalue weighted by molar-refractivity contribution is -0.140. The SMILES string of the molecule is COc1ccc(S(=O)(=O)N(CC(=O)N(Cc2cccc(Br)c2)C(C)C(=O)NC(C)(C)C)c2ccccc2)cc1OC. The van der Waals surface area contributed by atoms with E-state index in [0.717, 1.165) is 14.3 Å². The Morgan fingerprint density at radius 3 is 2.17 bits per heavy atom. The van der Waals surface area contributed by atoms with E-state index >= 15 is 0 Å². The Hall–Kier alpha value is -3.57. The Labute approximate surface area is 250 Å². The minimum atomic E-state index is -4.25. The van der Waals surface area contributed by atoms with Crippen LogP contribution in [0.2, 0.25) is 0 Å². The molecule has 3 aromatic rings. The van der Waals surface area contributed by atoms with E-state index in [-0.39, 0.29) is 23.1 Å². The van der Waals surface area contributed by atoms with E-state index in [9.17, 15) is 18.0 Å². The predicted octanol–water partition coefficient (Wildman–Crippen LogP) is 4.99. The number of anilines is 1. The van der Waals surface area contributed by atoms with Gasteiger partial charge in [0.25, 0.3) is 10.0 Å². The Balaban J connectivity index is 2.05. The largest absolute Gasteiger partial charge is 0.493 e. The number of para-hydroxylation sites is 1. The summed E-state index contributed by atoms with van der Waals surface area (Å²) in [5.74, 6) is -0.298. The first kappa shape index (κ1) is 32.0. The van der Waals surface area contributed by atoms with Gasteiger partial charge in [-0.3, -0.25) is 13.9 Å². The predicted molar refractivity (Wildman–Crippen MR) is 163 cm³/mol. The molecule has 1 atom stereocenters. The zero-order valence-corrected chi connectivity index (χ0v) is 26.5. The van der Waals surface area contributed by atoms with Gasteiger partial charge in [0.1, 0.15) is 12.6 Å². The molecular formula is C30H36BrN3O6S. The van der Waals surface area contributed by atoms with Crippen molar-refractivity contribution in [2.75, 3.05) is 25.1 Å². The highest BCUT2D eigenvalue weighted by molar-refractivity contribution is 9.10. The molecule has 9 nitrogen and oxygen atoms in total. The van der Waals surface area contributed by atoms with Gasteiger partial charge in [0.15, 0.2) is 11.5 Å². The number of rotatable bonds is 11. The summed E-state index contributed by atoms with van der Waals surface area (Å²) in [7, 11) is -1.38. The normalized spacial score (nSPS) is 12.3. The molecule has 1 N–H and O–H groups in total. The number of nitrogens with one attached hydrogen (secondary N) is 1. The van der Waals surface area contributed by atoms with Gasteiger partial charge in [-0.05, 0) is 69.7 Å². The fourth-order valence-corrected chi connectivity index (χ4v) is 5.99. The highest BCUT2D eigenvalue weighted by Gasteiger charge is 2.33. The zero-order chi connectivity index (χ0) is 30.4. The number of amides is 2. The van der Waals surface area contributed by atoms with Crippen LogP contribution in [0.4, 0.5) is 5.69 Å². The molecule has 0 spiro atoms. The number of carbonyl (C=O) groups excluding carboxylic acids is 2. The van der Waals surface area contributed by atoms with E-state index in [4.69, 9.17) is 9.47 Å². The molecule has 3 rings (SSSR count). The molecule has 0 saturated carbocycles. The highest BCUT2D eigenvalue weighted by Crippen LogP contribution is 2.32. The van der Waals surface area contributed by atoms with Crippen LogP contribution in [0.5, 0.6) is 11.5 Å². The average Bonchev–Trinajstić information content (AvgIpc) is 2.93. The molecule has 1 unspecified atom stereocenters. The van der Waals surface area contributed by atoms with E-state index < -0.39 is 34.1 Å². The number of carbonyl (C=O) groups is 2. The van der Waals surface area contributed by atoms with Crippen molar-refractivity contribution in [3.63, 3.8) is 0 Å². The van der Waals surface area contributed by atoms with E-state index in [1.54, 1.807) is 37.3 Å². The van der Waals surface area contributed by atoms with Crippen molar-refractivity contribution < 1.29 is 27.5 Å². The van der Waals surface area contributed by atoms with Crippen molar-refractivity contribution in [2.45, 2.75) is 50.7 Å². The highest BCUT2D eigenvalue weighted by atomic mass is 79.9. The van der Waals surface area contributed by atoms with Crippen molar-refractivity contribution >= 4 is 43.5 Å². The average molecular weight is 647 g/mol. The third-order valence-corrected chi connectivity index (χ3v) is 8.44. The number of halogens is 1. The molecule has 220 valence electrons. The number of benzene rings is 3. The van der Waals surface area contributed by atoms with E-state index in [1.807, 2.05) is 45.0 Å². The van der Waals surface area contributed by atoms with Crippen molar-refractivity contribution in [1.29, 1.82) is 0 Å². The first-order chi connectivity index (χ1) is 19.3. The molecule has 0 saturated heterocycles. The molecule has 11 heteroatoms. The monoisotopic (exact) mass is 645 g/mol. The van der Waals surface area contributed by atoms with E-state index in [0.29, 0.717) is 11.4 Å². The molecule has 0 aliphatic carbocycles. The van der Waals surface area contributed by atoms with Gasteiger partial charge in [0.2, 0.25) is 11.8 Å². The van der Waals surface area contributed by atoms with Crippen LogP contribution in [-0.2, 0) is 26.2 Å². The molecule has 0 bridgehead atoms. The molecule has 3 aromatic carbocycles. The lowest BCUT2D eigenvalue weighted by atomic mass is 10.1. The maximum Gasteiger partial charge on any atom is 0.264 e. The Morgan fingerprint density at radius 1 is 0.927 bits per heavy atom. The van der Waals surface area contributed by atoms with Crippen LogP contribution in [0.15, 0.2) is 82.2 Å². The molecule has 2 amide bonds.